The highest BCUT2D eigenvalue weighted by Crippen LogP contribution is 2.35. The average Bonchev–Trinajstić information content (AvgIpc) is 3.09. The number of thiophene rings is 1. The maximum absolute atomic E-state index is 13.9. The number of aromatic nitrogens is 2. The van der Waals surface area contributed by atoms with Gasteiger partial charge in [0.2, 0.25) is 0 Å². The van der Waals surface area contributed by atoms with Gasteiger partial charge in [0.05, 0.1) is 17.2 Å². The van der Waals surface area contributed by atoms with E-state index in [-0.39, 0.29) is 18.5 Å². The normalized spacial score (nSPS) is 10.8. The molecule has 0 aliphatic rings. The van der Waals surface area contributed by atoms with Crippen molar-refractivity contribution in [2.45, 2.75) is 13.3 Å². The number of amides is 1. The van der Waals surface area contributed by atoms with Crippen LogP contribution in [-0.4, -0.2) is 29.0 Å². The Kier molecular flexibility index (Phi) is 6.75. The molecule has 152 valence electrons. The van der Waals surface area contributed by atoms with Gasteiger partial charge in [0.25, 0.3) is 5.91 Å². The van der Waals surface area contributed by atoms with Gasteiger partial charge in [-0.2, -0.15) is 0 Å². The van der Waals surface area contributed by atoms with E-state index < -0.39 is 17.5 Å². The van der Waals surface area contributed by atoms with Gasteiger partial charge in [-0.1, -0.05) is 15.9 Å². The number of rotatable bonds is 8. The van der Waals surface area contributed by atoms with Crippen molar-refractivity contribution in [1.29, 1.82) is 0 Å². The highest BCUT2D eigenvalue weighted by molar-refractivity contribution is 9.10. The molecule has 29 heavy (non-hydrogen) atoms. The number of hydrogen-bond acceptors (Lipinski definition) is 6. The van der Waals surface area contributed by atoms with Gasteiger partial charge in [0.1, 0.15) is 34.4 Å². The number of nitrogens with zero attached hydrogens (tertiary/aromatic N) is 2. The van der Waals surface area contributed by atoms with Crippen LogP contribution in [0.3, 0.4) is 0 Å². The van der Waals surface area contributed by atoms with Crippen LogP contribution in [0, 0.1) is 11.6 Å². The van der Waals surface area contributed by atoms with Crippen LogP contribution in [0.15, 0.2) is 35.1 Å². The lowest BCUT2D eigenvalue weighted by Crippen LogP contribution is -2.10. The molecule has 0 unspecified atom stereocenters. The summed E-state index contributed by atoms with van der Waals surface area (Å²) in [7, 11) is 0. The number of carbonyl (C=O) groups is 1. The predicted octanol–water partition coefficient (Wildman–Crippen LogP) is 4.40. The maximum atomic E-state index is 13.9. The number of halogens is 3. The predicted molar refractivity (Wildman–Crippen MR) is 111 cm³/mol. The first-order valence-corrected chi connectivity index (χ1v) is 10.3. The van der Waals surface area contributed by atoms with Gasteiger partial charge in [-0.3, -0.25) is 4.79 Å². The zero-order chi connectivity index (χ0) is 21.0. The number of ether oxygens (including phenoxy) is 1. The van der Waals surface area contributed by atoms with Crippen LogP contribution in [0.5, 0.6) is 5.75 Å². The van der Waals surface area contributed by atoms with Crippen molar-refractivity contribution < 1.29 is 18.3 Å². The molecule has 2 heterocycles. The summed E-state index contributed by atoms with van der Waals surface area (Å²) in [6, 6.07) is 5.84. The molecule has 6 nitrogen and oxygen atoms in total. The van der Waals surface area contributed by atoms with Crippen molar-refractivity contribution in [3.05, 3.63) is 57.1 Å². The third-order valence-electron chi connectivity index (χ3n) is 3.93. The van der Waals surface area contributed by atoms with E-state index in [0.717, 1.165) is 0 Å². The van der Waals surface area contributed by atoms with Gasteiger partial charge in [0.15, 0.2) is 0 Å². The molecule has 0 saturated carbocycles. The largest absolute Gasteiger partial charge is 0.492 e. The fraction of sp³-hybridized carbons (Fsp3) is 0.211. The standard InChI is InChI=1S/C19H17BrF2N4O2S/c1-2-28-15-8-16(29-18(15)19(23)27)14-7-17(26-9-25-14)24-4-3-11-12(21)5-10(20)6-13(11)22/h5-9H,2-4H2,1H3,(H2,23,27)(H,24,25,26). The summed E-state index contributed by atoms with van der Waals surface area (Å²) in [6.07, 6.45) is 1.51. The van der Waals surface area contributed by atoms with Gasteiger partial charge in [-0.25, -0.2) is 18.7 Å². The van der Waals surface area contributed by atoms with Gasteiger partial charge < -0.3 is 15.8 Å². The lowest BCUT2D eigenvalue weighted by Gasteiger charge is -2.08. The zero-order valence-corrected chi connectivity index (χ0v) is 17.7. The Hall–Kier alpha value is -2.59. The first kappa shape index (κ1) is 21.1. The first-order chi connectivity index (χ1) is 13.9. The second kappa shape index (κ2) is 9.27. The molecule has 3 aromatic rings. The monoisotopic (exact) mass is 482 g/mol. The van der Waals surface area contributed by atoms with E-state index in [1.807, 2.05) is 6.92 Å². The van der Waals surface area contributed by atoms with Crippen molar-refractivity contribution >= 4 is 39.0 Å². The minimum atomic E-state index is -0.608. The number of nitrogens with two attached hydrogens (primary N) is 1. The molecule has 3 rings (SSSR count). The Labute approximate surface area is 178 Å². The van der Waals surface area contributed by atoms with Crippen molar-refractivity contribution in [2.24, 2.45) is 5.73 Å². The van der Waals surface area contributed by atoms with Crippen molar-refractivity contribution in [3.63, 3.8) is 0 Å². The summed E-state index contributed by atoms with van der Waals surface area (Å²) in [5.41, 5.74) is 5.97. The topological polar surface area (TPSA) is 90.1 Å². The van der Waals surface area contributed by atoms with Crippen molar-refractivity contribution in [3.8, 4) is 16.3 Å². The molecular weight excluding hydrogens is 466 g/mol. The number of benzene rings is 1. The highest BCUT2D eigenvalue weighted by atomic mass is 79.9. The van der Waals surface area contributed by atoms with Crippen LogP contribution >= 0.6 is 27.3 Å². The lowest BCUT2D eigenvalue weighted by molar-refractivity contribution is 0.100. The third-order valence-corrected chi connectivity index (χ3v) is 5.54. The molecule has 10 heteroatoms. The highest BCUT2D eigenvalue weighted by Gasteiger charge is 2.17. The molecule has 0 saturated heterocycles. The first-order valence-electron chi connectivity index (χ1n) is 8.65. The summed E-state index contributed by atoms with van der Waals surface area (Å²) >= 11 is 4.23. The number of carbonyl (C=O) groups excluding carboxylic acids is 1. The maximum Gasteiger partial charge on any atom is 0.262 e. The van der Waals surface area contributed by atoms with Crippen LogP contribution in [0.1, 0.15) is 22.2 Å². The van der Waals surface area contributed by atoms with Gasteiger partial charge in [-0.05, 0) is 25.5 Å². The molecule has 0 bridgehead atoms. The smallest absolute Gasteiger partial charge is 0.262 e. The third kappa shape index (κ3) is 5.07. The molecule has 1 amide bonds. The quantitative estimate of drug-likeness (QED) is 0.496. The fourth-order valence-corrected chi connectivity index (χ4v) is 3.97. The molecule has 3 N–H and O–H groups in total. The number of nitrogens with one attached hydrogen (secondary N) is 1. The van der Waals surface area contributed by atoms with E-state index in [1.54, 1.807) is 12.1 Å². The Morgan fingerprint density at radius 2 is 1.97 bits per heavy atom. The lowest BCUT2D eigenvalue weighted by atomic mass is 10.1. The number of anilines is 1. The van der Waals surface area contributed by atoms with Gasteiger partial charge in [-0.15, -0.1) is 11.3 Å². The van der Waals surface area contributed by atoms with E-state index in [0.29, 0.717) is 38.1 Å². The Morgan fingerprint density at radius 1 is 1.24 bits per heavy atom. The summed E-state index contributed by atoms with van der Waals surface area (Å²) in [5, 5.41) is 3.03. The van der Waals surface area contributed by atoms with Crippen molar-refractivity contribution in [2.75, 3.05) is 18.5 Å². The summed E-state index contributed by atoms with van der Waals surface area (Å²) < 4.78 is 33.6. The molecular formula is C19H17BrF2N4O2S. The summed E-state index contributed by atoms with van der Waals surface area (Å²) in [5.74, 6) is -0.893. The molecule has 0 spiro atoms. The molecule has 0 aliphatic heterocycles. The molecule has 0 radical (unpaired) electrons. The molecule has 0 atom stereocenters. The number of primary amides is 1. The average molecular weight is 483 g/mol. The van der Waals surface area contributed by atoms with E-state index in [9.17, 15) is 13.6 Å². The number of hydrogen-bond donors (Lipinski definition) is 2. The molecule has 0 aliphatic carbocycles. The van der Waals surface area contributed by atoms with E-state index in [4.69, 9.17) is 10.5 Å². The van der Waals surface area contributed by atoms with E-state index >= 15 is 0 Å². The molecule has 2 aromatic heterocycles. The Balaban J connectivity index is 1.74. The Morgan fingerprint density at radius 3 is 2.62 bits per heavy atom. The molecule has 0 fully saturated rings. The Bertz CT molecular complexity index is 1020. The van der Waals surface area contributed by atoms with Crippen LogP contribution in [0.4, 0.5) is 14.6 Å². The minimum absolute atomic E-state index is 0.000641. The second-order valence-corrected chi connectivity index (χ2v) is 7.88. The van der Waals surface area contributed by atoms with Crippen molar-refractivity contribution in [1.82, 2.24) is 9.97 Å². The zero-order valence-electron chi connectivity index (χ0n) is 15.3. The molecule has 1 aromatic carbocycles. The van der Waals surface area contributed by atoms with Crippen LogP contribution < -0.4 is 15.8 Å². The van der Waals surface area contributed by atoms with Crippen LogP contribution in [0.2, 0.25) is 0 Å². The van der Waals surface area contributed by atoms with E-state index in [2.05, 4.69) is 31.2 Å². The van der Waals surface area contributed by atoms with Gasteiger partial charge >= 0.3 is 0 Å². The second-order valence-electron chi connectivity index (χ2n) is 5.91. The van der Waals surface area contributed by atoms with Crippen LogP contribution in [-0.2, 0) is 6.42 Å². The van der Waals surface area contributed by atoms with E-state index in [1.165, 1.54) is 29.8 Å². The summed E-state index contributed by atoms with van der Waals surface area (Å²) in [6.45, 7) is 2.48. The fourth-order valence-electron chi connectivity index (χ4n) is 2.65. The minimum Gasteiger partial charge on any atom is -0.492 e. The SMILES string of the molecule is CCOc1cc(-c2cc(NCCc3c(F)cc(Br)cc3F)ncn2)sc1C(N)=O. The summed E-state index contributed by atoms with van der Waals surface area (Å²) in [4.78, 5) is 20.9. The van der Waals surface area contributed by atoms with Crippen LogP contribution in [0.25, 0.3) is 10.6 Å². The van der Waals surface area contributed by atoms with Gasteiger partial charge in [0, 0.05) is 28.7 Å².